The average Bonchev–Trinajstić information content (AvgIpc) is 2.26. The molecule has 1 unspecified atom stereocenters. The maximum atomic E-state index is 11.2. The fourth-order valence-corrected chi connectivity index (χ4v) is 1.76. The van der Waals surface area contributed by atoms with Crippen LogP contribution in [0.1, 0.15) is 23.4 Å². The third-order valence-corrected chi connectivity index (χ3v) is 3.36. The third-order valence-electron chi connectivity index (χ3n) is 2.08. The molecule has 0 saturated carbocycles. The number of hydrogen-bond donors (Lipinski definition) is 1. The van der Waals surface area contributed by atoms with Crippen molar-refractivity contribution in [1.29, 1.82) is 0 Å². The van der Waals surface area contributed by atoms with Crippen LogP contribution >= 0.6 is 27.5 Å². The second-order valence-corrected chi connectivity index (χ2v) is 4.72. The molecule has 1 aromatic carbocycles. The number of Topliss-reactive ketones (excluding diaryl/α,β-unsaturated/α-hetero) is 1. The SMILES string of the molecule is CC(=O)C(Cl)c1ccc(Br)c(/C=C/C(=O)O)c1. The minimum absolute atomic E-state index is 0.151. The summed E-state index contributed by atoms with van der Waals surface area (Å²) in [5.74, 6) is -1.18. The highest BCUT2D eigenvalue weighted by atomic mass is 79.9. The lowest BCUT2D eigenvalue weighted by molar-refractivity contribution is -0.131. The van der Waals surface area contributed by atoms with Crippen molar-refractivity contribution in [3.05, 3.63) is 39.9 Å². The van der Waals surface area contributed by atoms with Crippen LogP contribution in [0.3, 0.4) is 0 Å². The summed E-state index contributed by atoms with van der Waals surface area (Å²) >= 11 is 9.22. The predicted octanol–water partition coefficient (Wildman–Crippen LogP) is 3.42. The van der Waals surface area contributed by atoms with Crippen molar-refractivity contribution >= 4 is 45.4 Å². The van der Waals surface area contributed by atoms with Crippen LogP contribution in [0.25, 0.3) is 6.08 Å². The van der Waals surface area contributed by atoms with Crippen molar-refractivity contribution in [2.24, 2.45) is 0 Å². The molecule has 0 aliphatic rings. The summed E-state index contributed by atoms with van der Waals surface area (Å²) in [5, 5.41) is 7.84. The lowest BCUT2D eigenvalue weighted by Crippen LogP contribution is -2.01. The second-order valence-electron chi connectivity index (χ2n) is 3.43. The predicted molar refractivity (Wildman–Crippen MR) is 70.1 cm³/mol. The Balaban J connectivity index is 3.10. The Labute approximate surface area is 112 Å². The smallest absolute Gasteiger partial charge is 0.328 e. The fourth-order valence-electron chi connectivity index (χ4n) is 1.24. The zero-order valence-electron chi connectivity index (χ0n) is 8.98. The Hall–Kier alpha value is -1.13. The number of rotatable bonds is 4. The summed E-state index contributed by atoms with van der Waals surface area (Å²) in [5.41, 5.74) is 1.31. The topological polar surface area (TPSA) is 54.4 Å². The van der Waals surface area contributed by atoms with Crippen LogP contribution in [0.4, 0.5) is 0 Å². The van der Waals surface area contributed by atoms with Crippen molar-refractivity contribution in [3.8, 4) is 0 Å². The molecule has 0 fully saturated rings. The summed E-state index contributed by atoms with van der Waals surface area (Å²) in [4.78, 5) is 21.6. The number of ketones is 1. The second kappa shape index (κ2) is 5.98. The molecular formula is C12H10BrClO3. The van der Waals surface area contributed by atoms with E-state index in [9.17, 15) is 9.59 Å². The standard InChI is InChI=1S/C12H10BrClO3/c1-7(15)12(14)9-2-4-10(13)8(6-9)3-5-11(16)17/h2-6,12H,1H3,(H,16,17)/b5-3+. The molecule has 17 heavy (non-hydrogen) atoms. The Morgan fingerprint density at radius 3 is 2.65 bits per heavy atom. The molecule has 0 spiro atoms. The first kappa shape index (κ1) is 13.9. The lowest BCUT2D eigenvalue weighted by Gasteiger charge is -2.08. The maximum absolute atomic E-state index is 11.2. The maximum Gasteiger partial charge on any atom is 0.328 e. The molecule has 3 nitrogen and oxygen atoms in total. The molecule has 0 heterocycles. The van der Waals surface area contributed by atoms with Gasteiger partial charge in [-0.3, -0.25) is 4.79 Å². The van der Waals surface area contributed by atoms with Gasteiger partial charge in [0.25, 0.3) is 0 Å². The minimum Gasteiger partial charge on any atom is -0.478 e. The van der Waals surface area contributed by atoms with Gasteiger partial charge in [-0.25, -0.2) is 4.79 Å². The Kier molecular flexibility index (Phi) is 4.90. The zero-order valence-corrected chi connectivity index (χ0v) is 11.3. The summed E-state index contributed by atoms with van der Waals surface area (Å²) < 4.78 is 0.742. The van der Waals surface area contributed by atoms with Gasteiger partial charge in [0.05, 0.1) is 0 Å². The number of carboxylic acid groups (broad SMARTS) is 1. The van der Waals surface area contributed by atoms with Gasteiger partial charge < -0.3 is 5.11 Å². The summed E-state index contributed by atoms with van der Waals surface area (Å²) in [6.07, 6.45) is 2.47. The highest BCUT2D eigenvalue weighted by Gasteiger charge is 2.13. The molecule has 1 aromatic rings. The van der Waals surface area contributed by atoms with Crippen LogP contribution in [-0.4, -0.2) is 16.9 Å². The monoisotopic (exact) mass is 316 g/mol. The largest absolute Gasteiger partial charge is 0.478 e. The first-order valence-electron chi connectivity index (χ1n) is 4.77. The third kappa shape index (κ3) is 3.98. The molecular weight excluding hydrogens is 307 g/mol. The van der Waals surface area contributed by atoms with Crippen molar-refractivity contribution in [2.75, 3.05) is 0 Å². The van der Waals surface area contributed by atoms with Crippen LogP contribution in [0.5, 0.6) is 0 Å². The number of hydrogen-bond acceptors (Lipinski definition) is 2. The molecule has 0 aliphatic carbocycles. The number of carbonyl (C=O) groups excluding carboxylic acids is 1. The van der Waals surface area contributed by atoms with Crippen molar-refractivity contribution < 1.29 is 14.7 Å². The van der Waals surface area contributed by atoms with E-state index in [2.05, 4.69) is 15.9 Å². The number of halogens is 2. The molecule has 0 amide bonds. The van der Waals surface area contributed by atoms with Crippen LogP contribution < -0.4 is 0 Å². The van der Waals surface area contributed by atoms with Crippen molar-refractivity contribution in [1.82, 2.24) is 0 Å². The van der Waals surface area contributed by atoms with E-state index in [4.69, 9.17) is 16.7 Å². The van der Waals surface area contributed by atoms with E-state index in [-0.39, 0.29) is 5.78 Å². The number of carbonyl (C=O) groups is 2. The Morgan fingerprint density at radius 2 is 2.12 bits per heavy atom. The van der Waals surface area contributed by atoms with E-state index in [1.807, 2.05) is 0 Å². The van der Waals surface area contributed by atoms with Crippen LogP contribution in [0, 0.1) is 0 Å². The molecule has 90 valence electrons. The van der Waals surface area contributed by atoms with Gasteiger partial charge >= 0.3 is 5.97 Å². The van der Waals surface area contributed by atoms with Gasteiger partial charge in [-0.05, 0) is 36.3 Å². The summed E-state index contributed by atoms with van der Waals surface area (Å²) in [6, 6.07) is 5.14. The van der Waals surface area contributed by atoms with Gasteiger partial charge in [-0.2, -0.15) is 0 Å². The number of alkyl halides is 1. The fraction of sp³-hybridized carbons (Fsp3) is 0.167. The van der Waals surface area contributed by atoms with Crippen LogP contribution in [-0.2, 0) is 9.59 Å². The molecule has 0 saturated heterocycles. The van der Waals surface area contributed by atoms with Crippen molar-refractivity contribution in [3.63, 3.8) is 0 Å². The van der Waals surface area contributed by atoms with E-state index >= 15 is 0 Å². The highest BCUT2D eigenvalue weighted by molar-refractivity contribution is 9.10. The number of benzene rings is 1. The van der Waals surface area contributed by atoms with Gasteiger partial charge in [0, 0.05) is 10.5 Å². The summed E-state index contributed by atoms with van der Waals surface area (Å²) in [6.45, 7) is 1.41. The number of aliphatic carboxylic acids is 1. The van der Waals surface area contributed by atoms with Gasteiger partial charge in [0.15, 0.2) is 5.78 Å². The van der Waals surface area contributed by atoms with Gasteiger partial charge in [-0.1, -0.05) is 22.0 Å². The first-order valence-corrected chi connectivity index (χ1v) is 5.99. The van der Waals surface area contributed by atoms with E-state index < -0.39 is 11.3 Å². The van der Waals surface area contributed by atoms with E-state index in [1.54, 1.807) is 18.2 Å². The quantitative estimate of drug-likeness (QED) is 0.684. The highest BCUT2D eigenvalue weighted by Crippen LogP contribution is 2.27. The molecule has 0 bridgehead atoms. The first-order chi connectivity index (χ1) is 7.91. The lowest BCUT2D eigenvalue weighted by atomic mass is 10.1. The molecule has 5 heteroatoms. The molecule has 1 N–H and O–H groups in total. The Morgan fingerprint density at radius 1 is 1.47 bits per heavy atom. The molecule has 0 aromatic heterocycles. The van der Waals surface area contributed by atoms with E-state index in [1.165, 1.54) is 13.0 Å². The number of carboxylic acids is 1. The van der Waals surface area contributed by atoms with Gasteiger partial charge in [-0.15, -0.1) is 11.6 Å². The van der Waals surface area contributed by atoms with E-state index in [0.717, 1.165) is 10.5 Å². The molecule has 1 atom stereocenters. The minimum atomic E-state index is -1.03. The molecule has 0 radical (unpaired) electrons. The molecule has 1 rings (SSSR count). The Bertz CT molecular complexity index is 483. The van der Waals surface area contributed by atoms with Gasteiger partial charge in [0.1, 0.15) is 5.38 Å². The van der Waals surface area contributed by atoms with Crippen LogP contribution in [0.2, 0.25) is 0 Å². The average molecular weight is 318 g/mol. The zero-order chi connectivity index (χ0) is 13.0. The molecule has 0 aliphatic heterocycles. The van der Waals surface area contributed by atoms with Crippen LogP contribution in [0.15, 0.2) is 28.7 Å². The van der Waals surface area contributed by atoms with E-state index in [0.29, 0.717) is 11.1 Å². The summed E-state index contributed by atoms with van der Waals surface area (Å²) in [7, 11) is 0. The van der Waals surface area contributed by atoms with Gasteiger partial charge in [0.2, 0.25) is 0 Å². The van der Waals surface area contributed by atoms with Crippen molar-refractivity contribution in [2.45, 2.75) is 12.3 Å². The normalized spacial score (nSPS) is 12.6.